The summed E-state index contributed by atoms with van der Waals surface area (Å²) in [7, 11) is 0. The van der Waals surface area contributed by atoms with E-state index in [1.165, 1.54) is 18.2 Å². The molecule has 0 saturated heterocycles. The third-order valence-electron chi connectivity index (χ3n) is 4.21. The highest BCUT2D eigenvalue weighted by atomic mass is 19.4. The predicted octanol–water partition coefficient (Wildman–Crippen LogP) is 2.98. The Morgan fingerprint density at radius 1 is 1.14 bits per heavy atom. The molecule has 1 N–H and O–H groups in total. The van der Waals surface area contributed by atoms with E-state index < -0.39 is 43.3 Å². The monoisotopic (exact) mass is 407 g/mol. The number of amides is 1. The topological polar surface area (TPSA) is 81.7 Å². The van der Waals surface area contributed by atoms with E-state index in [0.29, 0.717) is 17.5 Å². The summed E-state index contributed by atoms with van der Waals surface area (Å²) < 4.78 is 46.4. The Balaban J connectivity index is 1.66. The number of cyclic esters (lactones) is 1. The van der Waals surface area contributed by atoms with Gasteiger partial charge >= 0.3 is 18.1 Å². The Morgan fingerprint density at radius 2 is 1.86 bits per heavy atom. The van der Waals surface area contributed by atoms with E-state index in [-0.39, 0.29) is 5.56 Å². The van der Waals surface area contributed by atoms with Crippen molar-refractivity contribution in [3.8, 4) is 0 Å². The quantitative estimate of drug-likeness (QED) is 0.771. The van der Waals surface area contributed by atoms with Gasteiger partial charge in [0.1, 0.15) is 12.6 Å². The summed E-state index contributed by atoms with van der Waals surface area (Å²) in [5.74, 6) is -2.47. The fourth-order valence-electron chi connectivity index (χ4n) is 2.84. The van der Waals surface area contributed by atoms with Crippen LogP contribution in [0, 0.1) is 0 Å². The van der Waals surface area contributed by atoms with Crippen molar-refractivity contribution in [2.24, 2.45) is 0 Å². The molecule has 29 heavy (non-hydrogen) atoms. The molecule has 1 heterocycles. The molecule has 1 amide bonds. The normalized spacial score (nSPS) is 15.8. The zero-order valence-corrected chi connectivity index (χ0v) is 15.0. The third-order valence-corrected chi connectivity index (χ3v) is 4.21. The summed E-state index contributed by atoms with van der Waals surface area (Å²) in [6.45, 7) is -2.36. The molecule has 0 bridgehead atoms. The number of carbonyl (C=O) groups excluding carboxylic acids is 3. The number of benzene rings is 2. The van der Waals surface area contributed by atoms with Crippen LogP contribution in [0.2, 0.25) is 0 Å². The zero-order chi connectivity index (χ0) is 21.0. The van der Waals surface area contributed by atoms with Gasteiger partial charge in [0.2, 0.25) is 0 Å². The summed E-state index contributed by atoms with van der Waals surface area (Å²) in [5.41, 5.74) is 1.78. The van der Waals surface area contributed by atoms with Gasteiger partial charge in [-0.05, 0) is 29.3 Å². The number of halogens is 3. The zero-order valence-electron chi connectivity index (χ0n) is 15.0. The highest BCUT2D eigenvalue weighted by Crippen LogP contribution is 2.31. The first kappa shape index (κ1) is 20.4. The fourth-order valence-corrected chi connectivity index (χ4v) is 2.84. The molecule has 0 spiro atoms. The van der Waals surface area contributed by atoms with Crippen LogP contribution in [0.4, 0.5) is 13.2 Å². The summed E-state index contributed by atoms with van der Waals surface area (Å²) >= 11 is 0. The molecule has 0 fully saturated rings. The Kier molecular flexibility index (Phi) is 5.86. The average Bonchev–Trinajstić information content (AvgIpc) is 2.70. The van der Waals surface area contributed by atoms with Crippen LogP contribution in [-0.2, 0) is 20.7 Å². The molecule has 9 heteroatoms. The second-order valence-electron chi connectivity index (χ2n) is 6.35. The highest BCUT2D eigenvalue weighted by molar-refractivity contribution is 5.96. The molecular weight excluding hydrogens is 391 g/mol. The Hall–Kier alpha value is -3.36. The summed E-state index contributed by atoms with van der Waals surface area (Å²) in [6, 6.07) is 13.3. The third kappa shape index (κ3) is 5.34. The summed E-state index contributed by atoms with van der Waals surface area (Å²) in [6.07, 6.45) is -4.71. The van der Waals surface area contributed by atoms with Crippen LogP contribution in [0.25, 0.3) is 0 Å². The van der Waals surface area contributed by atoms with E-state index in [0.717, 1.165) is 5.56 Å². The number of fused-ring (bicyclic) bond motifs is 1. The molecule has 0 aromatic heterocycles. The molecule has 1 aliphatic rings. The minimum Gasteiger partial charge on any atom is -0.454 e. The van der Waals surface area contributed by atoms with Gasteiger partial charge in [-0.15, -0.1) is 0 Å². The van der Waals surface area contributed by atoms with Crippen molar-refractivity contribution in [1.82, 2.24) is 5.32 Å². The van der Waals surface area contributed by atoms with Gasteiger partial charge in [-0.25, -0.2) is 9.59 Å². The standard InChI is InChI=1S/C20H16F3NO5/c21-20(22,23)11-24-17(25)10-28-18(26)13-6-7-15-14(8-13)9-16(29-19(15)27)12-4-2-1-3-5-12/h1-8,16H,9-11H2,(H,24,25)/t16-/m1/s1. The lowest BCUT2D eigenvalue weighted by atomic mass is 9.93. The first-order chi connectivity index (χ1) is 13.7. The molecular formula is C20H16F3NO5. The summed E-state index contributed by atoms with van der Waals surface area (Å²) in [4.78, 5) is 35.7. The fraction of sp³-hybridized carbons (Fsp3) is 0.250. The lowest BCUT2D eigenvalue weighted by molar-refractivity contribution is -0.140. The summed E-state index contributed by atoms with van der Waals surface area (Å²) in [5, 5.41) is 1.61. The number of rotatable bonds is 5. The number of nitrogens with one attached hydrogen (secondary N) is 1. The molecule has 0 radical (unpaired) electrons. The molecule has 2 aromatic carbocycles. The van der Waals surface area contributed by atoms with Gasteiger partial charge in [0, 0.05) is 6.42 Å². The number of esters is 2. The average molecular weight is 407 g/mol. The number of hydrogen-bond acceptors (Lipinski definition) is 5. The van der Waals surface area contributed by atoms with E-state index in [9.17, 15) is 27.6 Å². The first-order valence-corrected chi connectivity index (χ1v) is 8.62. The Morgan fingerprint density at radius 3 is 2.55 bits per heavy atom. The molecule has 0 aliphatic carbocycles. The van der Waals surface area contributed by atoms with Crippen LogP contribution in [0.5, 0.6) is 0 Å². The largest absolute Gasteiger partial charge is 0.454 e. The first-order valence-electron chi connectivity index (χ1n) is 8.62. The van der Waals surface area contributed by atoms with Crippen LogP contribution >= 0.6 is 0 Å². The van der Waals surface area contributed by atoms with Gasteiger partial charge in [0.15, 0.2) is 6.61 Å². The number of alkyl halides is 3. The van der Waals surface area contributed by atoms with Gasteiger partial charge in [-0.2, -0.15) is 13.2 Å². The lowest BCUT2D eigenvalue weighted by Gasteiger charge is -2.25. The number of carbonyl (C=O) groups is 3. The van der Waals surface area contributed by atoms with Crippen LogP contribution in [0.15, 0.2) is 48.5 Å². The maximum absolute atomic E-state index is 12.2. The van der Waals surface area contributed by atoms with Gasteiger partial charge < -0.3 is 14.8 Å². The highest BCUT2D eigenvalue weighted by Gasteiger charge is 2.29. The number of hydrogen-bond donors (Lipinski definition) is 1. The van der Waals surface area contributed by atoms with Crippen LogP contribution in [0.3, 0.4) is 0 Å². The minimum atomic E-state index is -4.55. The van der Waals surface area contributed by atoms with Gasteiger partial charge in [-0.3, -0.25) is 4.79 Å². The smallest absolute Gasteiger partial charge is 0.405 e. The van der Waals surface area contributed by atoms with E-state index in [2.05, 4.69) is 0 Å². The van der Waals surface area contributed by atoms with Crippen molar-refractivity contribution in [3.05, 3.63) is 70.8 Å². The maximum atomic E-state index is 12.2. The molecule has 2 aromatic rings. The number of ether oxygens (including phenoxy) is 2. The van der Waals surface area contributed by atoms with Crippen LogP contribution in [0.1, 0.15) is 37.9 Å². The second kappa shape index (κ2) is 8.34. The molecule has 0 saturated carbocycles. The minimum absolute atomic E-state index is 0.0777. The maximum Gasteiger partial charge on any atom is 0.405 e. The van der Waals surface area contributed by atoms with Crippen LogP contribution < -0.4 is 5.32 Å². The Labute approximate surface area is 163 Å². The van der Waals surface area contributed by atoms with Crippen molar-refractivity contribution >= 4 is 17.8 Å². The second-order valence-corrected chi connectivity index (χ2v) is 6.35. The van der Waals surface area contributed by atoms with E-state index in [1.54, 1.807) is 5.32 Å². The lowest BCUT2D eigenvalue weighted by Crippen LogP contribution is -2.36. The molecule has 1 atom stereocenters. The van der Waals surface area contributed by atoms with Gasteiger partial charge in [0.05, 0.1) is 11.1 Å². The predicted molar refractivity (Wildman–Crippen MR) is 94.1 cm³/mol. The van der Waals surface area contributed by atoms with E-state index in [4.69, 9.17) is 9.47 Å². The SMILES string of the molecule is O=C(COC(=O)c1ccc2c(c1)C[C@H](c1ccccc1)OC2=O)NCC(F)(F)F. The Bertz CT molecular complexity index is 927. The van der Waals surface area contributed by atoms with Gasteiger partial charge in [0.25, 0.3) is 5.91 Å². The molecule has 3 rings (SSSR count). The van der Waals surface area contributed by atoms with Crippen molar-refractivity contribution in [1.29, 1.82) is 0 Å². The van der Waals surface area contributed by atoms with Crippen molar-refractivity contribution in [2.75, 3.05) is 13.2 Å². The molecule has 0 unspecified atom stereocenters. The molecule has 152 valence electrons. The van der Waals surface area contributed by atoms with Crippen LogP contribution in [-0.4, -0.2) is 37.2 Å². The van der Waals surface area contributed by atoms with Crippen molar-refractivity contribution < 1.29 is 37.0 Å². The van der Waals surface area contributed by atoms with Crippen molar-refractivity contribution in [2.45, 2.75) is 18.7 Å². The van der Waals surface area contributed by atoms with E-state index in [1.807, 2.05) is 30.3 Å². The molecule has 6 nitrogen and oxygen atoms in total. The molecule has 1 aliphatic heterocycles. The van der Waals surface area contributed by atoms with Gasteiger partial charge in [-0.1, -0.05) is 30.3 Å². The van der Waals surface area contributed by atoms with Crippen molar-refractivity contribution in [3.63, 3.8) is 0 Å². The van der Waals surface area contributed by atoms with E-state index >= 15 is 0 Å².